The molecule has 88 valence electrons. The van der Waals surface area contributed by atoms with Crippen LogP contribution in [0, 0.1) is 0 Å². The largest absolute Gasteiger partial charge is 0.327 e. The van der Waals surface area contributed by atoms with E-state index in [0.29, 0.717) is 0 Å². The Hall–Kier alpha value is -2.35. The Morgan fingerprint density at radius 2 is 1.78 bits per heavy atom. The summed E-state index contributed by atoms with van der Waals surface area (Å²) in [6, 6.07) is 16.5. The van der Waals surface area contributed by atoms with Crippen molar-refractivity contribution in [1.82, 2.24) is 9.55 Å². The summed E-state index contributed by atoms with van der Waals surface area (Å²) in [5.41, 5.74) is 4.43. The lowest BCUT2D eigenvalue weighted by Crippen LogP contribution is -1.92. The summed E-state index contributed by atoms with van der Waals surface area (Å²) < 4.78 is 2.12. The van der Waals surface area contributed by atoms with E-state index in [-0.39, 0.29) is 0 Å². The standard InChI is InChI=1S/C16H14N2/c1-3-12-8-10-13(11-9-12)16-17-14-6-4-5-7-15(14)18(16)2/h3-11H,1H2,2H3. The molecule has 2 heteroatoms. The summed E-state index contributed by atoms with van der Waals surface area (Å²) in [4.78, 5) is 4.68. The summed E-state index contributed by atoms with van der Waals surface area (Å²) in [6.07, 6.45) is 1.85. The molecule has 0 aliphatic carbocycles. The van der Waals surface area contributed by atoms with Gasteiger partial charge in [-0.05, 0) is 17.7 Å². The minimum absolute atomic E-state index is 0.992. The number of nitrogens with zero attached hydrogens (tertiary/aromatic N) is 2. The van der Waals surface area contributed by atoms with E-state index in [2.05, 4.69) is 46.5 Å². The highest BCUT2D eigenvalue weighted by atomic mass is 15.1. The van der Waals surface area contributed by atoms with Gasteiger partial charge in [-0.2, -0.15) is 0 Å². The van der Waals surface area contributed by atoms with Gasteiger partial charge in [-0.15, -0.1) is 0 Å². The topological polar surface area (TPSA) is 17.8 Å². The number of benzene rings is 2. The predicted octanol–water partition coefficient (Wildman–Crippen LogP) is 3.88. The molecule has 0 fully saturated rings. The van der Waals surface area contributed by atoms with E-state index in [1.165, 1.54) is 0 Å². The number of hydrogen-bond acceptors (Lipinski definition) is 1. The van der Waals surface area contributed by atoms with E-state index < -0.39 is 0 Å². The number of hydrogen-bond donors (Lipinski definition) is 0. The predicted molar refractivity (Wildman–Crippen MR) is 76.2 cm³/mol. The first kappa shape index (κ1) is 10.8. The smallest absolute Gasteiger partial charge is 0.140 e. The summed E-state index contributed by atoms with van der Waals surface area (Å²) in [7, 11) is 2.05. The van der Waals surface area contributed by atoms with Gasteiger partial charge in [-0.25, -0.2) is 4.98 Å². The zero-order valence-electron chi connectivity index (χ0n) is 10.3. The molecule has 0 N–H and O–H groups in total. The summed E-state index contributed by atoms with van der Waals surface area (Å²) in [5, 5.41) is 0. The number of aryl methyl sites for hydroxylation is 1. The molecule has 0 atom stereocenters. The zero-order valence-corrected chi connectivity index (χ0v) is 10.3. The highest BCUT2D eigenvalue weighted by Crippen LogP contribution is 2.23. The molecule has 1 aromatic heterocycles. The van der Waals surface area contributed by atoms with Crippen LogP contribution in [0.1, 0.15) is 5.56 Å². The average Bonchev–Trinajstić information content (AvgIpc) is 2.77. The van der Waals surface area contributed by atoms with Crippen molar-refractivity contribution < 1.29 is 0 Å². The number of fused-ring (bicyclic) bond motifs is 1. The van der Waals surface area contributed by atoms with Gasteiger partial charge in [0.05, 0.1) is 11.0 Å². The van der Waals surface area contributed by atoms with Crippen molar-refractivity contribution in [2.24, 2.45) is 7.05 Å². The maximum Gasteiger partial charge on any atom is 0.140 e. The lowest BCUT2D eigenvalue weighted by Gasteiger charge is -2.02. The summed E-state index contributed by atoms with van der Waals surface area (Å²) in [6.45, 7) is 3.76. The minimum Gasteiger partial charge on any atom is -0.327 e. The molecule has 3 rings (SSSR count). The Bertz CT molecular complexity index is 706. The molecule has 1 heterocycles. The summed E-state index contributed by atoms with van der Waals surface area (Å²) in [5.74, 6) is 0.992. The van der Waals surface area contributed by atoms with Crippen molar-refractivity contribution in [3.63, 3.8) is 0 Å². The fourth-order valence-electron chi connectivity index (χ4n) is 2.17. The molecular formula is C16H14N2. The Kier molecular flexibility index (Phi) is 2.49. The van der Waals surface area contributed by atoms with Gasteiger partial charge >= 0.3 is 0 Å². The van der Waals surface area contributed by atoms with Crippen LogP contribution in [0.4, 0.5) is 0 Å². The van der Waals surface area contributed by atoms with Gasteiger partial charge < -0.3 is 4.57 Å². The highest BCUT2D eigenvalue weighted by Gasteiger charge is 2.08. The molecule has 18 heavy (non-hydrogen) atoms. The van der Waals surface area contributed by atoms with E-state index in [1.54, 1.807) is 0 Å². The maximum absolute atomic E-state index is 4.68. The average molecular weight is 234 g/mol. The van der Waals surface area contributed by atoms with Crippen molar-refractivity contribution in [2.75, 3.05) is 0 Å². The second-order valence-corrected chi connectivity index (χ2v) is 4.31. The normalized spacial score (nSPS) is 10.7. The van der Waals surface area contributed by atoms with Gasteiger partial charge in [0.2, 0.25) is 0 Å². The molecule has 0 saturated carbocycles. The van der Waals surface area contributed by atoms with Crippen molar-refractivity contribution in [1.29, 1.82) is 0 Å². The van der Waals surface area contributed by atoms with Crippen molar-refractivity contribution >= 4 is 17.1 Å². The first-order valence-corrected chi connectivity index (χ1v) is 5.94. The van der Waals surface area contributed by atoms with Gasteiger partial charge in [0.25, 0.3) is 0 Å². The first-order chi connectivity index (χ1) is 8.79. The van der Waals surface area contributed by atoms with Crippen molar-refractivity contribution in [3.8, 4) is 11.4 Å². The number of aromatic nitrogens is 2. The first-order valence-electron chi connectivity index (χ1n) is 5.94. The van der Waals surface area contributed by atoms with Crippen LogP contribution < -0.4 is 0 Å². The Balaban J connectivity index is 2.18. The van der Waals surface area contributed by atoms with Gasteiger partial charge in [0.1, 0.15) is 5.82 Å². The van der Waals surface area contributed by atoms with Gasteiger partial charge in [-0.1, -0.05) is 49.1 Å². The van der Waals surface area contributed by atoms with Gasteiger partial charge in [-0.3, -0.25) is 0 Å². The van der Waals surface area contributed by atoms with Crippen LogP contribution >= 0.6 is 0 Å². The van der Waals surface area contributed by atoms with Crippen LogP contribution in [0.5, 0.6) is 0 Å². The van der Waals surface area contributed by atoms with Crippen molar-refractivity contribution in [2.45, 2.75) is 0 Å². The lowest BCUT2D eigenvalue weighted by molar-refractivity contribution is 0.959. The molecule has 3 aromatic rings. The molecular weight excluding hydrogens is 220 g/mol. The molecule has 0 spiro atoms. The SMILES string of the molecule is C=Cc1ccc(-c2nc3ccccc3n2C)cc1. The van der Waals surface area contributed by atoms with Crippen LogP contribution in [-0.4, -0.2) is 9.55 Å². The van der Waals surface area contributed by atoms with Gasteiger partial charge in [0, 0.05) is 12.6 Å². The van der Waals surface area contributed by atoms with E-state index in [0.717, 1.165) is 28.0 Å². The van der Waals surface area contributed by atoms with Crippen LogP contribution in [0.25, 0.3) is 28.5 Å². The third kappa shape index (κ3) is 1.63. The fourth-order valence-corrected chi connectivity index (χ4v) is 2.17. The summed E-state index contributed by atoms with van der Waals surface area (Å²) >= 11 is 0. The van der Waals surface area contributed by atoms with E-state index in [9.17, 15) is 0 Å². The molecule has 0 radical (unpaired) electrons. The molecule has 0 aliphatic heterocycles. The number of imidazole rings is 1. The van der Waals surface area contributed by atoms with Crippen LogP contribution in [0.3, 0.4) is 0 Å². The third-order valence-electron chi connectivity index (χ3n) is 3.19. The molecule has 2 aromatic carbocycles. The number of rotatable bonds is 2. The maximum atomic E-state index is 4.68. The van der Waals surface area contributed by atoms with Crippen molar-refractivity contribution in [3.05, 3.63) is 60.7 Å². The molecule has 2 nitrogen and oxygen atoms in total. The third-order valence-corrected chi connectivity index (χ3v) is 3.19. The zero-order chi connectivity index (χ0) is 12.5. The van der Waals surface area contributed by atoms with E-state index in [4.69, 9.17) is 0 Å². The van der Waals surface area contributed by atoms with E-state index in [1.807, 2.05) is 31.3 Å². The Labute approximate surface area is 106 Å². The molecule has 0 saturated heterocycles. The molecule has 0 aliphatic rings. The quantitative estimate of drug-likeness (QED) is 0.658. The second-order valence-electron chi connectivity index (χ2n) is 4.31. The minimum atomic E-state index is 0.992. The Morgan fingerprint density at radius 3 is 2.44 bits per heavy atom. The van der Waals surface area contributed by atoms with E-state index >= 15 is 0 Å². The highest BCUT2D eigenvalue weighted by molar-refractivity contribution is 5.80. The van der Waals surface area contributed by atoms with Crippen LogP contribution in [0.15, 0.2) is 55.1 Å². The molecule has 0 unspecified atom stereocenters. The van der Waals surface area contributed by atoms with Crippen LogP contribution in [0.2, 0.25) is 0 Å². The lowest BCUT2D eigenvalue weighted by atomic mass is 10.1. The monoisotopic (exact) mass is 234 g/mol. The second kappa shape index (κ2) is 4.15. The fraction of sp³-hybridized carbons (Fsp3) is 0.0625. The number of para-hydroxylation sites is 2. The molecule has 0 amide bonds. The molecule has 0 bridgehead atoms. The van der Waals surface area contributed by atoms with Gasteiger partial charge in [0.15, 0.2) is 0 Å². The van der Waals surface area contributed by atoms with Crippen LogP contribution in [-0.2, 0) is 7.05 Å². The Morgan fingerprint density at radius 1 is 1.06 bits per heavy atom.